The van der Waals surface area contributed by atoms with Gasteiger partial charge < -0.3 is 5.32 Å². The molecule has 4 nitrogen and oxygen atoms in total. The molecule has 0 aliphatic rings. The van der Waals surface area contributed by atoms with Gasteiger partial charge in [0.05, 0.1) is 5.69 Å². The SMILES string of the molecule is Cc1nc2c(C)cc(Br)cn2c1C(=O)NC(C)(C)CC(C)(C)C. The molecule has 0 aliphatic carbocycles. The van der Waals surface area contributed by atoms with E-state index >= 15 is 0 Å². The van der Waals surface area contributed by atoms with Crippen LogP contribution in [0.3, 0.4) is 0 Å². The van der Waals surface area contributed by atoms with Crippen LogP contribution >= 0.6 is 15.9 Å². The van der Waals surface area contributed by atoms with Crippen LogP contribution in [-0.4, -0.2) is 20.8 Å². The molecule has 0 aromatic carbocycles. The number of nitrogens with zero attached hydrogens (tertiary/aromatic N) is 2. The minimum absolute atomic E-state index is 0.0817. The van der Waals surface area contributed by atoms with E-state index in [0.717, 1.165) is 27.8 Å². The predicted octanol–water partition coefficient (Wildman–Crippen LogP) is 4.66. The van der Waals surface area contributed by atoms with E-state index in [9.17, 15) is 4.79 Å². The zero-order chi connectivity index (χ0) is 17.6. The summed E-state index contributed by atoms with van der Waals surface area (Å²) in [5, 5.41) is 3.17. The van der Waals surface area contributed by atoms with Gasteiger partial charge in [-0.3, -0.25) is 9.20 Å². The molecule has 0 spiro atoms. The van der Waals surface area contributed by atoms with Crippen LogP contribution in [0.5, 0.6) is 0 Å². The zero-order valence-electron chi connectivity index (χ0n) is 15.0. The Labute approximate surface area is 146 Å². The summed E-state index contributed by atoms with van der Waals surface area (Å²) < 4.78 is 2.81. The molecule has 23 heavy (non-hydrogen) atoms. The molecule has 0 fully saturated rings. The molecule has 126 valence electrons. The van der Waals surface area contributed by atoms with E-state index in [4.69, 9.17) is 0 Å². The van der Waals surface area contributed by atoms with Crippen molar-refractivity contribution in [3.05, 3.63) is 33.7 Å². The summed E-state index contributed by atoms with van der Waals surface area (Å²) in [5.41, 5.74) is 3.07. The lowest BCUT2D eigenvalue weighted by Crippen LogP contribution is -2.46. The second-order valence-electron chi connectivity index (χ2n) is 8.16. The molecule has 0 saturated carbocycles. The second kappa shape index (κ2) is 5.93. The van der Waals surface area contributed by atoms with Crippen molar-refractivity contribution in [1.82, 2.24) is 14.7 Å². The highest BCUT2D eigenvalue weighted by atomic mass is 79.9. The first-order valence-electron chi connectivity index (χ1n) is 7.87. The summed E-state index contributed by atoms with van der Waals surface area (Å²) in [6.45, 7) is 14.6. The first kappa shape index (κ1) is 18.0. The Bertz CT molecular complexity index is 754. The van der Waals surface area contributed by atoms with E-state index in [-0.39, 0.29) is 16.9 Å². The molecule has 0 aliphatic heterocycles. The van der Waals surface area contributed by atoms with E-state index in [0.29, 0.717) is 5.69 Å². The van der Waals surface area contributed by atoms with Crippen LogP contribution in [0.1, 0.15) is 62.8 Å². The van der Waals surface area contributed by atoms with Gasteiger partial charge in [-0.05, 0) is 67.1 Å². The third kappa shape index (κ3) is 4.14. The zero-order valence-corrected chi connectivity index (χ0v) is 16.6. The minimum Gasteiger partial charge on any atom is -0.346 e. The van der Waals surface area contributed by atoms with Crippen molar-refractivity contribution in [2.75, 3.05) is 0 Å². The smallest absolute Gasteiger partial charge is 0.270 e. The molecule has 0 unspecified atom stereocenters. The van der Waals surface area contributed by atoms with Crippen molar-refractivity contribution < 1.29 is 4.79 Å². The molecule has 2 aromatic rings. The van der Waals surface area contributed by atoms with Gasteiger partial charge in [-0.15, -0.1) is 0 Å². The van der Waals surface area contributed by atoms with Crippen LogP contribution in [0.15, 0.2) is 16.7 Å². The van der Waals surface area contributed by atoms with E-state index in [1.54, 1.807) is 0 Å². The minimum atomic E-state index is -0.285. The Kier molecular flexibility index (Phi) is 4.64. The first-order valence-corrected chi connectivity index (χ1v) is 8.66. The van der Waals surface area contributed by atoms with Gasteiger partial charge in [-0.25, -0.2) is 4.98 Å². The molecule has 5 heteroatoms. The van der Waals surface area contributed by atoms with E-state index in [1.165, 1.54) is 0 Å². The summed E-state index contributed by atoms with van der Waals surface area (Å²) in [4.78, 5) is 17.4. The summed E-state index contributed by atoms with van der Waals surface area (Å²) in [6, 6.07) is 2.01. The number of hydrogen-bond donors (Lipinski definition) is 1. The van der Waals surface area contributed by atoms with E-state index < -0.39 is 0 Å². The number of aryl methyl sites for hydroxylation is 2. The number of nitrogens with one attached hydrogen (secondary N) is 1. The third-order valence-corrected chi connectivity index (χ3v) is 4.12. The number of fused-ring (bicyclic) bond motifs is 1. The molecule has 0 atom stereocenters. The molecule has 2 aromatic heterocycles. The second-order valence-corrected chi connectivity index (χ2v) is 9.07. The molecular weight excluding hydrogens is 354 g/mol. The van der Waals surface area contributed by atoms with Gasteiger partial charge in [0.1, 0.15) is 11.3 Å². The third-order valence-electron chi connectivity index (χ3n) is 3.68. The van der Waals surface area contributed by atoms with Crippen molar-refractivity contribution in [3.63, 3.8) is 0 Å². The number of rotatable bonds is 3. The number of carbonyl (C=O) groups excluding carboxylic acids is 1. The Morgan fingerprint density at radius 3 is 2.43 bits per heavy atom. The molecular formula is C18H26BrN3O. The van der Waals surface area contributed by atoms with Crippen molar-refractivity contribution >= 4 is 27.5 Å². The summed E-state index contributed by atoms with van der Waals surface area (Å²) in [6.07, 6.45) is 2.79. The normalized spacial score (nSPS) is 12.7. The van der Waals surface area contributed by atoms with Gasteiger partial charge >= 0.3 is 0 Å². The maximum Gasteiger partial charge on any atom is 0.270 e. The van der Waals surface area contributed by atoms with E-state index in [1.807, 2.05) is 30.5 Å². The van der Waals surface area contributed by atoms with Crippen LogP contribution in [0.25, 0.3) is 5.65 Å². The fourth-order valence-corrected chi connectivity index (χ4v) is 3.94. The van der Waals surface area contributed by atoms with Gasteiger partial charge in [0.25, 0.3) is 5.91 Å². The van der Waals surface area contributed by atoms with Crippen LogP contribution in [-0.2, 0) is 0 Å². The van der Waals surface area contributed by atoms with Crippen molar-refractivity contribution in [3.8, 4) is 0 Å². The molecule has 2 rings (SSSR count). The molecule has 0 bridgehead atoms. The van der Waals surface area contributed by atoms with Crippen LogP contribution in [0, 0.1) is 19.3 Å². The summed E-state index contributed by atoms with van der Waals surface area (Å²) >= 11 is 3.50. The summed E-state index contributed by atoms with van der Waals surface area (Å²) in [5.74, 6) is -0.0817. The molecule has 0 saturated heterocycles. The Hall–Kier alpha value is -1.36. The van der Waals surface area contributed by atoms with Gasteiger partial charge in [0.2, 0.25) is 0 Å². The average Bonchev–Trinajstić information content (AvgIpc) is 2.61. The fourth-order valence-electron chi connectivity index (χ4n) is 3.39. The standard InChI is InChI=1S/C18H26BrN3O/c1-11-8-13(19)9-22-14(12(2)20-15(11)22)16(23)21-18(6,7)10-17(3,4)5/h8-9H,10H2,1-7H3,(H,21,23). The van der Waals surface area contributed by atoms with Gasteiger partial charge in [-0.2, -0.15) is 0 Å². The Balaban J connectivity index is 2.40. The summed E-state index contributed by atoms with van der Waals surface area (Å²) in [7, 11) is 0. The highest BCUT2D eigenvalue weighted by Crippen LogP contribution is 2.27. The van der Waals surface area contributed by atoms with Crippen LogP contribution < -0.4 is 5.32 Å². The number of amides is 1. The maximum absolute atomic E-state index is 12.9. The number of pyridine rings is 1. The van der Waals surface area contributed by atoms with Crippen molar-refractivity contribution in [2.45, 2.75) is 60.4 Å². The van der Waals surface area contributed by atoms with Gasteiger partial charge in [0.15, 0.2) is 0 Å². The highest BCUT2D eigenvalue weighted by Gasteiger charge is 2.29. The lowest BCUT2D eigenvalue weighted by atomic mass is 9.82. The Morgan fingerprint density at radius 1 is 1.26 bits per heavy atom. The number of hydrogen-bond acceptors (Lipinski definition) is 2. The largest absolute Gasteiger partial charge is 0.346 e. The first-order chi connectivity index (χ1) is 10.4. The maximum atomic E-state index is 12.9. The van der Waals surface area contributed by atoms with Crippen LogP contribution in [0.2, 0.25) is 0 Å². The lowest BCUT2D eigenvalue weighted by molar-refractivity contribution is 0.0884. The number of halogens is 1. The number of aromatic nitrogens is 2. The van der Waals surface area contributed by atoms with E-state index in [2.05, 4.69) is 60.8 Å². The number of imidazole rings is 1. The fraction of sp³-hybridized carbons (Fsp3) is 0.556. The molecule has 1 amide bonds. The predicted molar refractivity (Wildman–Crippen MR) is 98.0 cm³/mol. The van der Waals surface area contributed by atoms with Crippen molar-refractivity contribution in [2.24, 2.45) is 5.41 Å². The highest BCUT2D eigenvalue weighted by molar-refractivity contribution is 9.10. The van der Waals surface area contributed by atoms with Gasteiger partial charge in [-0.1, -0.05) is 20.8 Å². The monoisotopic (exact) mass is 379 g/mol. The molecule has 0 radical (unpaired) electrons. The topological polar surface area (TPSA) is 46.4 Å². The molecule has 1 N–H and O–H groups in total. The average molecular weight is 380 g/mol. The lowest BCUT2D eigenvalue weighted by Gasteiger charge is -2.33. The van der Waals surface area contributed by atoms with Gasteiger partial charge in [0, 0.05) is 16.2 Å². The quantitative estimate of drug-likeness (QED) is 0.842. The van der Waals surface area contributed by atoms with Crippen LogP contribution in [0.4, 0.5) is 0 Å². The Morgan fingerprint density at radius 2 is 1.87 bits per heavy atom. The number of carbonyl (C=O) groups is 1. The molecule has 2 heterocycles. The van der Waals surface area contributed by atoms with Crippen molar-refractivity contribution in [1.29, 1.82) is 0 Å².